The highest BCUT2D eigenvalue weighted by atomic mass is 16.6. The van der Waals surface area contributed by atoms with E-state index in [-0.39, 0.29) is 5.89 Å². The van der Waals surface area contributed by atoms with Gasteiger partial charge >= 0.3 is 5.97 Å². The molecule has 23 heavy (non-hydrogen) atoms. The minimum absolute atomic E-state index is 0.226. The second-order valence-corrected chi connectivity index (χ2v) is 5.06. The van der Waals surface area contributed by atoms with E-state index in [2.05, 4.69) is 15.4 Å². The Hall–Kier alpha value is -2.96. The lowest BCUT2D eigenvalue weighted by Gasteiger charge is -2.08. The number of esters is 1. The molecular weight excluding hydrogens is 298 g/mol. The molecule has 0 bridgehead atoms. The third-order valence-corrected chi connectivity index (χ3v) is 3.33. The van der Waals surface area contributed by atoms with Crippen LogP contribution in [0.15, 0.2) is 39.3 Å². The molecule has 0 saturated heterocycles. The highest BCUT2D eigenvalue weighted by molar-refractivity contribution is 5.91. The first-order chi connectivity index (χ1) is 11.1. The van der Waals surface area contributed by atoms with E-state index >= 15 is 0 Å². The van der Waals surface area contributed by atoms with Crippen molar-refractivity contribution in [2.24, 2.45) is 0 Å². The Morgan fingerprint density at radius 2 is 1.91 bits per heavy atom. The van der Waals surface area contributed by atoms with Gasteiger partial charge in [0.05, 0.1) is 5.69 Å². The van der Waals surface area contributed by atoms with Crippen molar-refractivity contribution in [3.05, 3.63) is 53.2 Å². The number of benzene rings is 1. The Morgan fingerprint density at radius 1 is 1.17 bits per heavy atom. The van der Waals surface area contributed by atoms with Crippen LogP contribution in [-0.2, 0) is 4.74 Å². The van der Waals surface area contributed by atoms with Gasteiger partial charge in [0, 0.05) is 5.56 Å². The third kappa shape index (κ3) is 2.98. The highest BCUT2D eigenvalue weighted by Crippen LogP contribution is 2.24. The van der Waals surface area contributed by atoms with Gasteiger partial charge in [-0.25, -0.2) is 4.79 Å². The minimum Gasteiger partial charge on any atom is -0.449 e. The fourth-order valence-electron chi connectivity index (χ4n) is 2.14. The van der Waals surface area contributed by atoms with Gasteiger partial charge in [0.15, 0.2) is 6.10 Å². The summed E-state index contributed by atoms with van der Waals surface area (Å²) in [4.78, 5) is 12.2. The number of hydrogen-bond donors (Lipinski definition) is 0. The van der Waals surface area contributed by atoms with Crippen LogP contribution in [0.5, 0.6) is 0 Å². The fraction of sp³-hybridized carbons (Fsp3) is 0.250. The molecule has 1 unspecified atom stereocenters. The molecule has 0 spiro atoms. The molecule has 7 heteroatoms. The Bertz CT molecular complexity index is 803. The monoisotopic (exact) mass is 313 g/mol. The molecule has 1 aromatic carbocycles. The summed E-state index contributed by atoms with van der Waals surface area (Å²) >= 11 is 0. The SMILES string of the molecule is Cc1noc(C)c1C(=O)OC(C)c1nnc(-c2ccccc2)o1. The molecule has 2 aromatic heterocycles. The molecular formula is C16H15N3O4. The van der Waals surface area contributed by atoms with E-state index in [0.29, 0.717) is 22.9 Å². The van der Waals surface area contributed by atoms with Crippen LogP contribution < -0.4 is 0 Å². The van der Waals surface area contributed by atoms with Crippen LogP contribution in [0.25, 0.3) is 11.5 Å². The van der Waals surface area contributed by atoms with Gasteiger partial charge in [0.25, 0.3) is 5.89 Å². The van der Waals surface area contributed by atoms with Crippen molar-refractivity contribution in [3.8, 4) is 11.5 Å². The molecule has 0 radical (unpaired) electrons. The Morgan fingerprint density at radius 3 is 2.57 bits per heavy atom. The lowest BCUT2D eigenvalue weighted by atomic mass is 10.2. The normalized spacial score (nSPS) is 12.1. The highest BCUT2D eigenvalue weighted by Gasteiger charge is 2.24. The smallest absolute Gasteiger partial charge is 0.344 e. The van der Waals surface area contributed by atoms with E-state index in [1.807, 2.05) is 30.3 Å². The number of ether oxygens (including phenoxy) is 1. The van der Waals surface area contributed by atoms with Crippen molar-refractivity contribution in [2.45, 2.75) is 26.9 Å². The summed E-state index contributed by atoms with van der Waals surface area (Å²) in [6.07, 6.45) is -0.679. The topological polar surface area (TPSA) is 91.2 Å². The van der Waals surface area contributed by atoms with Crippen LogP contribution in [0.3, 0.4) is 0 Å². The number of hydrogen-bond acceptors (Lipinski definition) is 7. The minimum atomic E-state index is -0.679. The Labute approximate surface area is 132 Å². The van der Waals surface area contributed by atoms with Crippen molar-refractivity contribution < 1.29 is 18.5 Å². The quantitative estimate of drug-likeness (QED) is 0.683. The maximum Gasteiger partial charge on any atom is 0.344 e. The van der Waals surface area contributed by atoms with Gasteiger partial charge in [-0.3, -0.25) is 0 Å². The van der Waals surface area contributed by atoms with Gasteiger partial charge in [-0.2, -0.15) is 0 Å². The molecule has 2 heterocycles. The zero-order chi connectivity index (χ0) is 16.4. The molecule has 0 fully saturated rings. The molecule has 118 valence electrons. The molecule has 3 aromatic rings. The predicted octanol–water partition coefficient (Wildman–Crippen LogP) is 3.26. The Balaban J connectivity index is 1.75. The summed E-state index contributed by atoms with van der Waals surface area (Å²) in [6, 6.07) is 9.37. The van der Waals surface area contributed by atoms with E-state index in [1.54, 1.807) is 20.8 Å². The molecule has 0 aliphatic carbocycles. The largest absolute Gasteiger partial charge is 0.449 e. The summed E-state index contributed by atoms with van der Waals surface area (Å²) in [5, 5.41) is 11.6. The second-order valence-electron chi connectivity index (χ2n) is 5.06. The number of carbonyl (C=O) groups excluding carboxylic acids is 1. The summed E-state index contributed by atoms with van der Waals surface area (Å²) in [6.45, 7) is 5.00. The first kappa shape index (κ1) is 15.0. The molecule has 3 rings (SSSR count). The predicted molar refractivity (Wildman–Crippen MR) is 79.5 cm³/mol. The standard InChI is InChI=1S/C16H15N3O4/c1-9-13(10(2)23-19-9)16(20)21-11(3)14-17-18-15(22-14)12-7-5-4-6-8-12/h4-8,11H,1-3H3. The van der Waals surface area contributed by atoms with Gasteiger partial charge < -0.3 is 13.7 Å². The van der Waals surface area contributed by atoms with Crippen molar-refractivity contribution in [1.29, 1.82) is 0 Å². The second kappa shape index (κ2) is 6.04. The molecule has 0 aliphatic heterocycles. The number of aromatic nitrogens is 3. The molecule has 0 amide bonds. The zero-order valence-electron chi connectivity index (χ0n) is 12.9. The van der Waals surface area contributed by atoms with Crippen molar-refractivity contribution in [3.63, 3.8) is 0 Å². The van der Waals surface area contributed by atoms with Gasteiger partial charge in [0.1, 0.15) is 11.3 Å². The van der Waals surface area contributed by atoms with Crippen LogP contribution in [0.2, 0.25) is 0 Å². The van der Waals surface area contributed by atoms with E-state index in [0.717, 1.165) is 5.56 Å². The number of nitrogens with zero attached hydrogens (tertiary/aromatic N) is 3. The lowest BCUT2D eigenvalue weighted by molar-refractivity contribution is 0.0277. The molecule has 0 aliphatic rings. The Kier molecular flexibility index (Phi) is 3.92. The number of carbonyl (C=O) groups is 1. The fourth-order valence-corrected chi connectivity index (χ4v) is 2.14. The average molecular weight is 313 g/mol. The third-order valence-electron chi connectivity index (χ3n) is 3.33. The first-order valence-electron chi connectivity index (χ1n) is 7.09. The summed E-state index contributed by atoms with van der Waals surface area (Å²) in [5.74, 6) is 0.480. The van der Waals surface area contributed by atoms with Crippen molar-refractivity contribution >= 4 is 5.97 Å². The van der Waals surface area contributed by atoms with Gasteiger partial charge in [0.2, 0.25) is 5.89 Å². The van der Waals surface area contributed by atoms with E-state index < -0.39 is 12.1 Å². The maximum atomic E-state index is 12.2. The first-order valence-corrected chi connectivity index (χ1v) is 7.09. The van der Waals surface area contributed by atoms with E-state index in [4.69, 9.17) is 13.7 Å². The van der Waals surface area contributed by atoms with Crippen molar-refractivity contribution in [2.75, 3.05) is 0 Å². The van der Waals surface area contributed by atoms with Crippen LogP contribution in [0.1, 0.15) is 40.7 Å². The average Bonchev–Trinajstić information content (AvgIpc) is 3.15. The molecule has 7 nitrogen and oxygen atoms in total. The van der Waals surface area contributed by atoms with Gasteiger partial charge in [-0.15, -0.1) is 10.2 Å². The van der Waals surface area contributed by atoms with Gasteiger partial charge in [-0.05, 0) is 32.9 Å². The molecule has 0 N–H and O–H groups in total. The van der Waals surface area contributed by atoms with Gasteiger partial charge in [-0.1, -0.05) is 23.4 Å². The van der Waals surface area contributed by atoms with E-state index in [1.165, 1.54) is 0 Å². The zero-order valence-corrected chi connectivity index (χ0v) is 12.9. The van der Waals surface area contributed by atoms with Crippen LogP contribution in [0.4, 0.5) is 0 Å². The summed E-state index contributed by atoms with van der Waals surface area (Å²) in [5.41, 5.74) is 1.60. The molecule has 1 atom stereocenters. The van der Waals surface area contributed by atoms with Crippen LogP contribution in [-0.4, -0.2) is 21.3 Å². The number of rotatable bonds is 4. The summed E-state index contributed by atoms with van der Waals surface area (Å²) < 4.78 is 15.9. The molecule has 0 saturated carbocycles. The van der Waals surface area contributed by atoms with E-state index in [9.17, 15) is 4.79 Å². The maximum absolute atomic E-state index is 12.2. The number of aryl methyl sites for hydroxylation is 2. The lowest BCUT2D eigenvalue weighted by Crippen LogP contribution is -2.11. The van der Waals surface area contributed by atoms with Crippen molar-refractivity contribution in [1.82, 2.24) is 15.4 Å². The summed E-state index contributed by atoms with van der Waals surface area (Å²) in [7, 11) is 0. The van der Waals surface area contributed by atoms with Crippen LogP contribution >= 0.6 is 0 Å². The van der Waals surface area contributed by atoms with Crippen LogP contribution in [0, 0.1) is 13.8 Å².